The number of hydroxylamine groups is 1. The van der Waals surface area contributed by atoms with Crippen LogP contribution < -0.4 is 15.5 Å². The summed E-state index contributed by atoms with van der Waals surface area (Å²) in [5.41, 5.74) is 7.23. The molecule has 0 aliphatic carbocycles. The van der Waals surface area contributed by atoms with Crippen LogP contribution in [0.4, 0.5) is 0 Å². The minimum Gasteiger partial charge on any atom is -0.618 e. The lowest BCUT2D eigenvalue weighted by atomic mass is 9.97. The van der Waals surface area contributed by atoms with Crippen LogP contribution in [0.25, 0.3) is 11.1 Å². The highest BCUT2D eigenvalue weighted by Gasteiger charge is 2.32. The number of hydrogen-bond acceptors (Lipinski definition) is 8. The molecule has 0 bridgehead atoms. The summed E-state index contributed by atoms with van der Waals surface area (Å²) in [5.74, 6) is 0.0176. The van der Waals surface area contributed by atoms with Gasteiger partial charge in [0, 0.05) is 49.3 Å². The van der Waals surface area contributed by atoms with Gasteiger partial charge in [0.1, 0.15) is 0 Å². The summed E-state index contributed by atoms with van der Waals surface area (Å²) in [5, 5.41) is 33.9. The van der Waals surface area contributed by atoms with Gasteiger partial charge in [0.15, 0.2) is 12.5 Å². The lowest BCUT2D eigenvalue weighted by Crippen LogP contribution is -2.32. The molecule has 0 spiro atoms. The molecule has 246 valence electrons. The third-order valence-electron chi connectivity index (χ3n) is 7.99. The topological polar surface area (TPSA) is 144 Å². The molecular formula is C36H39N3O7S. The molecule has 11 heteroatoms. The minimum atomic E-state index is -0.626. The van der Waals surface area contributed by atoms with Crippen LogP contribution in [0, 0.1) is 5.21 Å². The van der Waals surface area contributed by atoms with Crippen molar-refractivity contribution in [2.24, 2.45) is 0 Å². The van der Waals surface area contributed by atoms with Crippen molar-refractivity contribution in [2.75, 3.05) is 5.75 Å². The molecule has 1 fully saturated rings. The highest BCUT2D eigenvalue weighted by Crippen LogP contribution is 2.39. The molecule has 2 amide bonds. The number of carbonyl (C=O) groups is 2. The summed E-state index contributed by atoms with van der Waals surface area (Å²) in [7, 11) is 0. The summed E-state index contributed by atoms with van der Waals surface area (Å²) >= 11 is 1.45. The van der Waals surface area contributed by atoms with E-state index >= 15 is 0 Å². The Hall–Kier alpha value is -4.26. The van der Waals surface area contributed by atoms with Gasteiger partial charge in [-0.25, -0.2) is 5.48 Å². The van der Waals surface area contributed by atoms with E-state index in [4.69, 9.17) is 14.7 Å². The van der Waals surface area contributed by atoms with Crippen molar-refractivity contribution in [2.45, 2.75) is 68.8 Å². The molecule has 3 aromatic carbocycles. The molecule has 5 rings (SSSR count). The van der Waals surface area contributed by atoms with Gasteiger partial charge < -0.3 is 25.1 Å². The molecule has 10 nitrogen and oxygen atoms in total. The van der Waals surface area contributed by atoms with Crippen LogP contribution in [-0.4, -0.2) is 34.0 Å². The monoisotopic (exact) mass is 657 g/mol. The van der Waals surface area contributed by atoms with Crippen LogP contribution in [0.2, 0.25) is 0 Å². The first-order valence-electron chi connectivity index (χ1n) is 15.6. The Labute approximate surface area is 278 Å². The van der Waals surface area contributed by atoms with E-state index in [1.165, 1.54) is 18.0 Å². The van der Waals surface area contributed by atoms with E-state index in [0.29, 0.717) is 43.0 Å². The van der Waals surface area contributed by atoms with E-state index in [1.54, 1.807) is 17.6 Å². The molecule has 3 unspecified atom stereocenters. The van der Waals surface area contributed by atoms with Gasteiger partial charge in [-0.3, -0.25) is 14.8 Å². The Kier molecular flexibility index (Phi) is 12.4. The van der Waals surface area contributed by atoms with Crippen molar-refractivity contribution in [3.63, 3.8) is 0 Å². The highest BCUT2D eigenvalue weighted by molar-refractivity contribution is 7.99. The Bertz CT molecular complexity index is 1620. The van der Waals surface area contributed by atoms with E-state index in [-0.39, 0.29) is 31.1 Å². The zero-order valence-corrected chi connectivity index (χ0v) is 26.7. The average molecular weight is 658 g/mol. The van der Waals surface area contributed by atoms with Crippen molar-refractivity contribution in [3.8, 4) is 11.1 Å². The third-order valence-corrected chi connectivity index (χ3v) is 9.14. The first-order valence-corrected chi connectivity index (χ1v) is 16.6. The maximum Gasteiger partial charge on any atom is 0.251 e. The number of nitrogens with one attached hydrogen (secondary N) is 2. The summed E-state index contributed by atoms with van der Waals surface area (Å²) < 4.78 is 13.8. The normalized spacial score (nSPS) is 17.6. The fraction of sp³-hybridized carbons (Fsp3) is 0.306. The average Bonchev–Trinajstić information content (AvgIpc) is 3.12. The number of rotatable bonds is 14. The fourth-order valence-electron chi connectivity index (χ4n) is 5.41. The Morgan fingerprint density at radius 1 is 0.872 bits per heavy atom. The van der Waals surface area contributed by atoms with Crippen molar-refractivity contribution in [1.82, 2.24) is 10.8 Å². The number of aromatic nitrogens is 1. The Morgan fingerprint density at radius 2 is 1.57 bits per heavy atom. The Morgan fingerprint density at radius 3 is 2.30 bits per heavy atom. The number of thioether (sulfide) groups is 1. The lowest BCUT2D eigenvalue weighted by molar-refractivity contribution is -0.645. The summed E-state index contributed by atoms with van der Waals surface area (Å²) in [6.45, 7) is 0.335. The maximum absolute atomic E-state index is 12.4. The number of aliphatic hydroxyl groups is 1. The number of pyridine rings is 1. The van der Waals surface area contributed by atoms with E-state index < -0.39 is 12.2 Å². The molecule has 0 saturated carbocycles. The van der Waals surface area contributed by atoms with Crippen LogP contribution in [0.5, 0.6) is 0 Å². The number of carbonyl (C=O) groups excluding carboxylic acids is 2. The predicted molar refractivity (Wildman–Crippen MR) is 177 cm³/mol. The van der Waals surface area contributed by atoms with Crippen LogP contribution in [0.1, 0.15) is 66.8 Å². The fourth-order valence-corrected chi connectivity index (χ4v) is 6.34. The molecule has 1 saturated heterocycles. The molecule has 1 aliphatic heterocycles. The molecule has 4 aromatic rings. The second-order valence-corrected chi connectivity index (χ2v) is 12.4. The molecule has 47 heavy (non-hydrogen) atoms. The van der Waals surface area contributed by atoms with Gasteiger partial charge in [-0.2, -0.15) is 4.73 Å². The van der Waals surface area contributed by atoms with Gasteiger partial charge in [0.25, 0.3) is 5.03 Å². The van der Waals surface area contributed by atoms with Gasteiger partial charge in [-0.1, -0.05) is 84.6 Å². The number of hydrogen-bond donors (Lipinski definition) is 4. The molecular weight excluding hydrogens is 618 g/mol. The SMILES string of the molecule is O=C(CCCCC(=O)NCc1ccccc1-c1ccc(C2OC(CSc3cccc[n+]3[O-])CC(c3ccc(CO)cc3)O2)cc1)NO. The zero-order valence-electron chi connectivity index (χ0n) is 25.9. The van der Waals surface area contributed by atoms with E-state index in [1.807, 2.05) is 78.9 Å². The van der Waals surface area contributed by atoms with Crippen LogP contribution in [0.3, 0.4) is 0 Å². The predicted octanol–water partition coefficient (Wildman–Crippen LogP) is 5.50. The largest absolute Gasteiger partial charge is 0.618 e. The summed E-state index contributed by atoms with van der Waals surface area (Å²) in [6.07, 6.45) is 2.59. The van der Waals surface area contributed by atoms with Crippen LogP contribution in [-0.2, 0) is 32.2 Å². The quantitative estimate of drug-likeness (QED) is 0.0348. The van der Waals surface area contributed by atoms with E-state index in [9.17, 15) is 19.9 Å². The molecule has 3 atom stereocenters. The van der Waals surface area contributed by atoms with Crippen molar-refractivity contribution in [3.05, 3.63) is 125 Å². The molecule has 1 aromatic heterocycles. The highest BCUT2D eigenvalue weighted by atomic mass is 32.2. The molecule has 0 radical (unpaired) electrons. The van der Waals surface area contributed by atoms with Gasteiger partial charge in [0.05, 0.1) is 18.8 Å². The lowest BCUT2D eigenvalue weighted by Gasteiger charge is -2.36. The van der Waals surface area contributed by atoms with Gasteiger partial charge in [0.2, 0.25) is 11.8 Å². The standard InChI is InChI=1S/C36H39N3O7S/c40-23-25-12-14-27(15-13-25)32-21-30(24-47-35-11-5-6-20-39(35)44)45-36(46-32)28-18-16-26(17-19-28)31-8-2-1-7-29(31)22-37-33(41)9-3-4-10-34(42)38-43/h1-2,5-8,11-20,30,32,36,40,43H,3-4,9-10,21-24H2,(H,37,41)(H,38,42). The smallest absolute Gasteiger partial charge is 0.251 e. The third kappa shape index (κ3) is 9.63. The maximum atomic E-state index is 12.4. The van der Waals surface area contributed by atoms with Gasteiger partial charge in [-0.05, 0) is 46.7 Å². The number of unbranched alkanes of at least 4 members (excludes halogenated alkanes) is 1. The Balaban J connectivity index is 1.26. The van der Waals surface area contributed by atoms with Crippen LogP contribution in [0.15, 0.2) is 102 Å². The second kappa shape index (κ2) is 17.1. The molecule has 1 aliphatic rings. The van der Waals surface area contributed by atoms with E-state index in [0.717, 1.165) is 38.1 Å². The summed E-state index contributed by atoms with van der Waals surface area (Å²) in [4.78, 5) is 23.6. The van der Waals surface area contributed by atoms with E-state index in [2.05, 4.69) is 5.32 Å². The number of amides is 2. The molecule has 2 heterocycles. The van der Waals surface area contributed by atoms with Crippen LogP contribution >= 0.6 is 11.8 Å². The number of nitrogens with zero attached hydrogens (tertiary/aromatic N) is 1. The first kappa shape index (κ1) is 34.1. The van der Waals surface area contributed by atoms with Crippen molar-refractivity contribution >= 4 is 23.6 Å². The van der Waals surface area contributed by atoms with Gasteiger partial charge in [-0.15, -0.1) is 0 Å². The molecule has 4 N–H and O–H groups in total. The zero-order chi connectivity index (χ0) is 33.0. The minimum absolute atomic E-state index is 0.0294. The van der Waals surface area contributed by atoms with Crippen molar-refractivity contribution < 1.29 is 34.1 Å². The second-order valence-electron chi connectivity index (χ2n) is 11.3. The summed E-state index contributed by atoms with van der Waals surface area (Å²) in [6, 6.07) is 29.0. The number of aliphatic hydroxyl groups excluding tert-OH is 1. The number of benzene rings is 3. The van der Waals surface area contributed by atoms with Crippen molar-refractivity contribution in [1.29, 1.82) is 0 Å². The first-order chi connectivity index (χ1) is 22.9. The number of ether oxygens (including phenoxy) is 2. The van der Waals surface area contributed by atoms with Gasteiger partial charge >= 0.3 is 0 Å².